The van der Waals surface area contributed by atoms with Crippen LogP contribution in [0.2, 0.25) is 0 Å². The first-order valence-electron chi connectivity index (χ1n) is 13.3. The highest BCUT2D eigenvalue weighted by Crippen LogP contribution is 2.36. The zero-order valence-electron chi connectivity index (χ0n) is 22.8. The molecular formula is C34H32F3N3O. The van der Waals surface area contributed by atoms with E-state index < -0.39 is 17.3 Å². The van der Waals surface area contributed by atoms with Gasteiger partial charge in [-0.2, -0.15) is 13.2 Å². The average molecular weight is 556 g/mol. The van der Waals surface area contributed by atoms with E-state index in [0.29, 0.717) is 31.0 Å². The van der Waals surface area contributed by atoms with Crippen molar-refractivity contribution in [1.29, 1.82) is 0 Å². The number of pyridine rings is 2. The van der Waals surface area contributed by atoms with Crippen LogP contribution >= 0.6 is 0 Å². The Morgan fingerprint density at radius 3 is 2.22 bits per heavy atom. The molecule has 0 saturated carbocycles. The maximum absolute atomic E-state index is 13.1. The van der Waals surface area contributed by atoms with Gasteiger partial charge in [-0.3, -0.25) is 10.3 Å². The van der Waals surface area contributed by atoms with Crippen LogP contribution in [0, 0.1) is 0 Å². The van der Waals surface area contributed by atoms with Gasteiger partial charge in [0.15, 0.2) is 0 Å². The molecule has 2 aromatic heterocycles. The Balaban J connectivity index is 1.78. The van der Waals surface area contributed by atoms with Crippen LogP contribution in [0.3, 0.4) is 0 Å². The van der Waals surface area contributed by atoms with E-state index in [-0.39, 0.29) is 0 Å². The van der Waals surface area contributed by atoms with Crippen LogP contribution in [0.5, 0.6) is 11.6 Å². The van der Waals surface area contributed by atoms with Crippen LogP contribution in [0.4, 0.5) is 13.2 Å². The molecule has 0 aliphatic heterocycles. The number of hydrogen-bond donors (Lipinski definition) is 1. The second kappa shape index (κ2) is 13.7. The van der Waals surface area contributed by atoms with Gasteiger partial charge in [-0.15, -0.1) is 0 Å². The van der Waals surface area contributed by atoms with E-state index in [1.54, 1.807) is 18.5 Å². The van der Waals surface area contributed by atoms with Gasteiger partial charge in [0, 0.05) is 36.5 Å². The second-order valence-corrected chi connectivity index (χ2v) is 9.45. The summed E-state index contributed by atoms with van der Waals surface area (Å²) in [5, 5.41) is 3.73. The SMILES string of the molecule is C=C(/C=C\C=C(/CC)C(Cc1ccccc1)(NCc1cccnc1Oc1ccccc1)c1ccccn1)C(F)(F)F. The largest absolute Gasteiger partial charge is 0.439 e. The summed E-state index contributed by atoms with van der Waals surface area (Å²) in [6.07, 6.45) is 4.10. The van der Waals surface area contributed by atoms with Gasteiger partial charge in [0.1, 0.15) is 5.75 Å². The van der Waals surface area contributed by atoms with Crippen molar-refractivity contribution in [3.8, 4) is 11.6 Å². The van der Waals surface area contributed by atoms with Gasteiger partial charge in [-0.1, -0.05) is 92.4 Å². The number of hydrogen-bond acceptors (Lipinski definition) is 4. The highest BCUT2D eigenvalue weighted by Gasteiger charge is 2.37. The lowest BCUT2D eigenvalue weighted by molar-refractivity contribution is -0.0878. The number of ether oxygens (including phenoxy) is 1. The molecule has 4 aromatic rings. The number of nitrogens with one attached hydrogen (secondary N) is 1. The maximum Gasteiger partial charge on any atom is 0.415 e. The number of halogens is 3. The number of allylic oxidation sites excluding steroid dienone is 4. The molecule has 4 nitrogen and oxygen atoms in total. The van der Waals surface area contributed by atoms with Crippen molar-refractivity contribution < 1.29 is 17.9 Å². The Morgan fingerprint density at radius 2 is 1.56 bits per heavy atom. The number of rotatable bonds is 12. The van der Waals surface area contributed by atoms with Crippen molar-refractivity contribution in [2.45, 2.75) is 38.0 Å². The Bertz CT molecular complexity index is 1470. The molecule has 2 aromatic carbocycles. The fourth-order valence-corrected chi connectivity index (χ4v) is 4.59. The summed E-state index contributed by atoms with van der Waals surface area (Å²) >= 11 is 0. The first kappa shape index (κ1) is 29.5. The number of benzene rings is 2. The van der Waals surface area contributed by atoms with Crippen LogP contribution in [-0.2, 0) is 18.5 Å². The number of aromatic nitrogens is 2. The summed E-state index contributed by atoms with van der Waals surface area (Å²) in [5.41, 5.74) is 1.69. The summed E-state index contributed by atoms with van der Waals surface area (Å²) in [4.78, 5) is 9.20. The normalized spacial score (nSPS) is 13.6. The first-order chi connectivity index (χ1) is 19.8. The molecule has 0 fully saturated rings. The van der Waals surface area contributed by atoms with Gasteiger partial charge < -0.3 is 4.74 Å². The highest BCUT2D eigenvalue weighted by molar-refractivity contribution is 5.39. The molecule has 0 spiro atoms. The predicted molar refractivity (Wildman–Crippen MR) is 156 cm³/mol. The van der Waals surface area contributed by atoms with Crippen molar-refractivity contribution in [2.24, 2.45) is 0 Å². The fourth-order valence-electron chi connectivity index (χ4n) is 4.59. The molecule has 0 aliphatic carbocycles. The second-order valence-electron chi connectivity index (χ2n) is 9.45. The number of para-hydroxylation sites is 1. The maximum atomic E-state index is 13.1. The van der Waals surface area contributed by atoms with Gasteiger partial charge in [0.05, 0.1) is 11.2 Å². The zero-order chi connectivity index (χ0) is 29.1. The van der Waals surface area contributed by atoms with E-state index in [1.807, 2.05) is 97.9 Å². The van der Waals surface area contributed by atoms with E-state index >= 15 is 0 Å². The predicted octanol–water partition coefficient (Wildman–Crippen LogP) is 8.51. The fraction of sp³-hybridized carbons (Fsp3) is 0.176. The summed E-state index contributed by atoms with van der Waals surface area (Å²) in [6.45, 7) is 5.51. The van der Waals surface area contributed by atoms with Crippen LogP contribution in [0.15, 0.2) is 139 Å². The molecule has 1 atom stereocenters. The minimum absolute atomic E-state index is 0.357. The third-order valence-corrected chi connectivity index (χ3v) is 6.69. The average Bonchev–Trinajstić information content (AvgIpc) is 2.99. The third kappa shape index (κ3) is 7.80. The van der Waals surface area contributed by atoms with Crippen LogP contribution < -0.4 is 10.1 Å². The van der Waals surface area contributed by atoms with E-state index in [2.05, 4.69) is 16.9 Å². The topological polar surface area (TPSA) is 47.0 Å². The molecule has 0 aliphatic rings. The first-order valence-corrected chi connectivity index (χ1v) is 13.3. The van der Waals surface area contributed by atoms with Crippen molar-refractivity contribution in [3.63, 3.8) is 0 Å². The van der Waals surface area contributed by atoms with Crippen molar-refractivity contribution in [2.75, 3.05) is 0 Å². The molecule has 210 valence electrons. The molecule has 0 bridgehead atoms. The zero-order valence-corrected chi connectivity index (χ0v) is 22.8. The lowest BCUT2D eigenvalue weighted by Crippen LogP contribution is -2.46. The molecule has 1 unspecified atom stereocenters. The monoisotopic (exact) mass is 555 g/mol. The molecule has 0 saturated heterocycles. The lowest BCUT2D eigenvalue weighted by atomic mass is 9.78. The highest BCUT2D eigenvalue weighted by atomic mass is 19.4. The Labute approximate surface area is 239 Å². The van der Waals surface area contributed by atoms with E-state index in [0.717, 1.165) is 28.5 Å². The Hall–Kier alpha value is -4.49. The summed E-state index contributed by atoms with van der Waals surface area (Å²) in [5.74, 6) is 1.13. The smallest absolute Gasteiger partial charge is 0.415 e. The third-order valence-electron chi connectivity index (χ3n) is 6.69. The van der Waals surface area contributed by atoms with Crippen LogP contribution in [0.1, 0.15) is 30.2 Å². The molecule has 2 heterocycles. The molecule has 41 heavy (non-hydrogen) atoms. The molecule has 0 amide bonds. The van der Waals surface area contributed by atoms with E-state index in [9.17, 15) is 13.2 Å². The van der Waals surface area contributed by atoms with Crippen LogP contribution in [-0.4, -0.2) is 16.1 Å². The van der Waals surface area contributed by atoms with Gasteiger partial charge >= 0.3 is 6.18 Å². The van der Waals surface area contributed by atoms with Gasteiger partial charge in [0.2, 0.25) is 5.88 Å². The van der Waals surface area contributed by atoms with Gasteiger partial charge in [-0.05, 0) is 47.9 Å². The Kier molecular flexibility index (Phi) is 9.87. The van der Waals surface area contributed by atoms with Gasteiger partial charge in [0.25, 0.3) is 0 Å². The molecular weight excluding hydrogens is 523 g/mol. The number of nitrogens with zero attached hydrogens (tertiary/aromatic N) is 2. The van der Waals surface area contributed by atoms with Crippen molar-refractivity contribution in [1.82, 2.24) is 15.3 Å². The molecule has 0 radical (unpaired) electrons. The minimum atomic E-state index is -4.49. The minimum Gasteiger partial charge on any atom is -0.439 e. The van der Waals surface area contributed by atoms with E-state index in [1.165, 1.54) is 6.08 Å². The van der Waals surface area contributed by atoms with Crippen molar-refractivity contribution >= 4 is 0 Å². The molecule has 1 N–H and O–H groups in total. The Morgan fingerprint density at radius 1 is 0.878 bits per heavy atom. The summed E-state index contributed by atoms with van der Waals surface area (Å²) in [6, 6.07) is 28.8. The summed E-state index contributed by atoms with van der Waals surface area (Å²) < 4.78 is 45.5. The summed E-state index contributed by atoms with van der Waals surface area (Å²) in [7, 11) is 0. The molecule has 4 rings (SSSR count). The number of alkyl halides is 3. The van der Waals surface area contributed by atoms with Gasteiger partial charge in [-0.25, -0.2) is 4.98 Å². The van der Waals surface area contributed by atoms with Crippen LogP contribution in [0.25, 0.3) is 0 Å². The quantitative estimate of drug-likeness (QED) is 0.178. The molecule has 7 heteroatoms. The van der Waals surface area contributed by atoms with Crippen molar-refractivity contribution in [3.05, 3.63) is 156 Å². The standard InChI is InChI=1S/C34H32F3N3O/c1-3-29(18-12-14-26(2)34(35,36)37)33(31-21-10-11-22-38-31,24-27-15-6-4-7-16-27)40-25-28-17-13-23-39-32(28)41-30-19-8-5-9-20-30/h4-23,40H,2-3,24-25H2,1H3/b14-12-,29-18+. The lowest BCUT2D eigenvalue weighted by Gasteiger charge is -2.37. The van der Waals surface area contributed by atoms with E-state index in [4.69, 9.17) is 9.72 Å².